The molecule has 0 amide bonds. The molecule has 0 radical (unpaired) electrons. The Hall–Kier alpha value is -2.30. The molecule has 0 saturated carbocycles. The molecule has 0 unspecified atom stereocenters. The second kappa shape index (κ2) is 15.6. The quantitative estimate of drug-likeness (QED) is 0.151. The van der Waals surface area contributed by atoms with E-state index in [1.54, 1.807) is 0 Å². The summed E-state index contributed by atoms with van der Waals surface area (Å²) in [6.45, 7) is 2.03. The average molecular weight is 467 g/mol. The van der Waals surface area contributed by atoms with Crippen molar-refractivity contribution >= 4 is 21.5 Å². The van der Waals surface area contributed by atoms with Crippen LogP contribution < -0.4 is 9.47 Å². The number of rotatable bonds is 18. The number of aliphatic hydroxyl groups excluding tert-OH is 2. The minimum atomic E-state index is 0.300. The molecule has 0 bridgehead atoms. The molecule has 4 heteroatoms. The summed E-state index contributed by atoms with van der Waals surface area (Å²) in [5.41, 5.74) is 0. The summed E-state index contributed by atoms with van der Waals surface area (Å²) in [6.07, 6.45) is 13.2. The Morgan fingerprint density at radius 2 is 0.706 bits per heavy atom. The maximum absolute atomic E-state index is 8.90. The van der Waals surface area contributed by atoms with Crippen molar-refractivity contribution in [1.29, 1.82) is 0 Å². The predicted octanol–water partition coefficient (Wildman–Crippen LogP) is 7.42. The van der Waals surface area contributed by atoms with Crippen LogP contribution in [0.5, 0.6) is 11.5 Å². The lowest BCUT2D eigenvalue weighted by molar-refractivity contribution is 0.280. The van der Waals surface area contributed by atoms with E-state index in [0.717, 1.165) is 84.4 Å². The van der Waals surface area contributed by atoms with Crippen molar-refractivity contribution in [1.82, 2.24) is 0 Å². The molecule has 186 valence electrons. The van der Waals surface area contributed by atoms with Gasteiger partial charge in [0.25, 0.3) is 0 Å². The van der Waals surface area contributed by atoms with Gasteiger partial charge < -0.3 is 19.7 Å². The zero-order valence-electron chi connectivity index (χ0n) is 20.6. The van der Waals surface area contributed by atoms with Gasteiger partial charge in [-0.25, -0.2) is 0 Å². The summed E-state index contributed by atoms with van der Waals surface area (Å²) in [5, 5.41) is 22.3. The van der Waals surface area contributed by atoms with E-state index in [9.17, 15) is 0 Å². The number of aliphatic hydroxyl groups is 2. The first kappa shape index (κ1) is 26.3. The van der Waals surface area contributed by atoms with E-state index in [4.69, 9.17) is 19.7 Å². The van der Waals surface area contributed by atoms with Crippen LogP contribution in [-0.4, -0.2) is 36.6 Å². The highest BCUT2D eigenvalue weighted by atomic mass is 16.5. The van der Waals surface area contributed by atoms with E-state index in [0.29, 0.717) is 26.4 Å². The first-order valence-electron chi connectivity index (χ1n) is 13.3. The molecule has 0 fully saturated rings. The monoisotopic (exact) mass is 466 g/mol. The lowest BCUT2D eigenvalue weighted by Gasteiger charge is -2.18. The highest BCUT2D eigenvalue weighted by molar-refractivity contribution is 6.11. The van der Waals surface area contributed by atoms with Crippen molar-refractivity contribution in [3.05, 3.63) is 48.5 Å². The second-order valence-corrected chi connectivity index (χ2v) is 9.14. The van der Waals surface area contributed by atoms with Crippen molar-refractivity contribution in [3.63, 3.8) is 0 Å². The SMILES string of the molecule is OCCCCCCCCOc1c2ccccc2c(OCCCCCCCCO)c2ccccc12. The van der Waals surface area contributed by atoms with Crippen LogP contribution in [0.1, 0.15) is 77.0 Å². The molecule has 0 atom stereocenters. The van der Waals surface area contributed by atoms with Crippen molar-refractivity contribution in [2.45, 2.75) is 77.0 Å². The van der Waals surface area contributed by atoms with Gasteiger partial charge in [-0.05, 0) is 25.7 Å². The van der Waals surface area contributed by atoms with Crippen molar-refractivity contribution in [3.8, 4) is 11.5 Å². The van der Waals surface area contributed by atoms with Gasteiger partial charge in [0.15, 0.2) is 0 Å². The maximum Gasteiger partial charge on any atom is 0.135 e. The van der Waals surface area contributed by atoms with Crippen LogP contribution in [0.15, 0.2) is 48.5 Å². The van der Waals surface area contributed by atoms with E-state index < -0.39 is 0 Å². The van der Waals surface area contributed by atoms with Gasteiger partial charge in [0.05, 0.1) is 13.2 Å². The van der Waals surface area contributed by atoms with Crippen molar-refractivity contribution < 1.29 is 19.7 Å². The van der Waals surface area contributed by atoms with Gasteiger partial charge in [0, 0.05) is 34.8 Å². The van der Waals surface area contributed by atoms with E-state index >= 15 is 0 Å². The van der Waals surface area contributed by atoms with Crippen LogP contribution in [0.4, 0.5) is 0 Å². The topological polar surface area (TPSA) is 58.9 Å². The summed E-state index contributed by atoms with van der Waals surface area (Å²) in [5.74, 6) is 1.92. The van der Waals surface area contributed by atoms with Crippen molar-refractivity contribution in [2.24, 2.45) is 0 Å². The summed E-state index contributed by atoms with van der Waals surface area (Å²) < 4.78 is 12.8. The fourth-order valence-corrected chi connectivity index (χ4v) is 4.55. The fourth-order valence-electron chi connectivity index (χ4n) is 4.55. The predicted molar refractivity (Wildman–Crippen MR) is 142 cm³/mol. The van der Waals surface area contributed by atoms with Crippen LogP contribution in [0.3, 0.4) is 0 Å². The third kappa shape index (κ3) is 7.89. The number of fused-ring (bicyclic) bond motifs is 2. The van der Waals surface area contributed by atoms with Crippen molar-refractivity contribution in [2.75, 3.05) is 26.4 Å². The van der Waals surface area contributed by atoms with Gasteiger partial charge in [-0.2, -0.15) is 0 Å². The van der Waals surface area contributed by atoms with E-state index in [1.807, 2.05) is 0 Å². The third-order valence-electron chi connectivity index (χ3n) is 6.43. The first-order valence-corrected chi connectivity index (χ1v) is 13.3. The first-order chi connectivity index (χ1) is 16.9. The maximum atomic E-state index is 8.90. The summed E-state index contributed by atoms with van der Waals surface area (Å²) in [6, 6.07) is 16.8. The van der Waals surface area contributed by atoms with Crippen LogP contribution in [-0.2, 0) is 0 Å². The molecule has 2 N–H and O–H groups in total. The zero-order valence-corrected chi connectivity index (χ0v) is 20.6. The summed E-state index contributed by atoms with van der Waals surface area (Å²) >= 11 is 0. The number of hydrogen-bond acceptors (Lipinski definition) is 4. The Labute approximate surface area is 204 Å². The second-order valence-electron chi connectivity index (χ2n) is 9.14. The number of benzene rings is 3. The Bertz CT molecular complexity index is 834. The molecule has 34 heavy (non-hydrogen) atoms. The molecule has 0 aliphatic carbocycles. The molecule has 0 aliphatic rings. The Balaban J connectivity index is 1.65. The highest BCUT2D eigenvalue weighted by Crippen LogP contribution is 2.42. The molecule has 0 aliphatic heterocycles. The fraction of sp³-hybridized carbons (Fsp3) is 0.533. The van der Waals surface area contributed by atoms with Gasteiger partial charge in [0.1, 0.15) is 11.5 Å². The molecule has 4 nitrogen and oxygen atoms in total. The molecular formula is C30H42O4. The molecule has 0 aromatic heterocycles. The largest absolute Gasteiger partial charge is 0.492 e. The van der Waals surface area contributed by atoms with Gasteiger partial charge in [-0.3, -0.25) is 0 Å². The third-order valence-corrected chi connectivity index (χ3v) is 6.43. The number of unbranched alkanes of at least 4 members (excludes halogenated alkanes) is 10. The zero-order chi connectivity index (χ0) is 23.8. The highest BCUT2D eigenvalue weighted by Gasteiger charge is 2.15. The molecular weight excluding hydrogens is 424 g/mol. The molecule has 0 heterocycles. The molecule has 3 rings (SSSR count). The normalized spacial score (nSPS) is 11.4. The molecule has 0 spiro atoms. The lowest BCUT2D eigenvalue weighted by Crippen LogP contribution is -2.02. The van der Waals surface area contributed by atoms with Gasteiger partial charge in [0.2, 0.25) is 0 Å². The molecule has 3 aromatic carbocycles. The minimum absolute atomic E-state index is 0.300. The molecule has 0 saturated heterocycles. The minimum Gasteiger partial charge on any atom is -0.492 e. The lowest BCUT2D eigenvalue weighted by atomic mass is 10.0. The van der Waals surface area contributed by atoms with E-state index in [2.05, 4.69) is 48.5 Å². The molecule has 3 aromatic rings. The smallest absolute Gasteiger partial charge is 0.135 e. The standard InChI is InChI=1S/C30H42O4/c31-21-13-5-1-3-7-15-23-33-29-25-17-9-11-19-27(25)30(28-20-12-10-18-26(28)29)34-24-16-8-4-2-6-14-22-32/h9-12,17-20,31-32H,1-8,13-16,21-24H2. The van der Waals surface area contributed by atoms with Crippen LogP contribution >= 0.6 is 0 Å². The van der Waals surface area contributed by atoms with Gasteiger partial charge in [-0.15, -0.1) is 0 Å². The Morgan fingerprint density at radius 3 is 1.03 bits per heavy atom. The van der Waals surface area contributed by atoms with E-state index in [-0.39, 0.29) is 0 Å². The van der Waals surface area contributed by atoms with E-state index in [1.165, 1.54) is 25.7 Å². The Morgan fingerprint density at radius 1 is 0.412 bits per heavy atom. The van der Waals surface area contributed by atoms with Crippen LogP contribution in [0, 0.1) is 0 Å². The summed E-state index contributed by atoms with van der Waals surface area (Å²) in [4.78, 5) is 0. The van der Waals surface area contributed by atoms with Gasteiger partial charge in [-0.1, -0.05) is 99.9 Å². The number of hydrogen-bond donors (Lipinski definition) is 2. The van der Waals surface area contributed by atoms with Gasteiger partial charge >= 0.3 is 0 Å². The van der Waals surface area contributed by atoms with Crippen LogP contribution in [0.25, 0.3) is 21.5 Å². The summed E-state index contributed by atoms with van der Waals surface area (Å²) in [7, 11) is 0. The van der Waals surface area contributed by atoms with Crippen LogP contribution in [0.2, 0.25) is 0 Å². The Kier molecular flexibility index (Phi) is 12.0. The average Bonchev–Trinajstić information content (AvgIpc) is 2.87. The number of ether oxygens (including phenoxy) is 2.